The predicted molar refractivity (Wildman–Crippen MR) is 92.0 cm³/mol. The van der Waals surface area contributed by atoms with E-state index < -0.39 is 12.1 Å². The molecule has 0 aromatic heterocycles. The van der Waals surface area contributed by atoms with Crippen molar-refractivity contribution in [3.05, 3.63) is 54.1 Å². The summed E-state index contributed by atoms with van der Waals surface area (Å²) in [6.07, 6.45) is -0.531. The van der Waals surface area contributed by atoms with Crippen LogP contribution < -0.4 is 15.8 Å². The number of ether oxygens (including phenoxy) is 2. The van der Waals surface area contributed by atoms with Gasteiger partial charge in [0, 0.05) is 11.4 Å². The molecule has 0 aliphatic heterocycles. The van der Waals surface area contributed by atoms with Gasteiger partial charge < -0.3 is 20.5 Å². The molecule has 0 spiro atoms. The van der Waals surface area contributed by atoms with Crippen LogP contribution in [0.2, 0.25) is 0 Å². The lowest BCUT2D eigenvalue weighted by atomic mass is 10.2. The zero-order chi connectivity index (χ0) is 17.5. The normalized spacial score (nSPS) is 11.4. The van der Waals surface area contributed by atoms with E-state index in [0.717, 1.165) is 0 Å². The van der Waals surface area contributed by atoms with Crippen LogP contribution in [0.15, 0.2) is 48.5 Å². The Hall–Kier alpha value is -3.02. The Morgan fingerprint density at radius 1 is 1.17 bits per heavy atom. The third-order valence-corrected chi connectivity index (χ3v) is 3.39. The molecule has 1 atom stereocenters. The summed E-state index contributed by atoms with van der Waals surface area (Å²) in [4.78, 5) is 24.4. The van der Waals surface area contributed by atoms with Gasteiger partial charge in [-0.1, -0.05) is 13.0 Å². The van der Waals surface area contributed by atoms with Gasteiger partial charge in [0.15, 0.2) is 6.10 Å². The summed E-state index contributed by atoms with van der Waals surface area (Å²) in [5, 5.41) is 2.72. The largest absolute Gasteiger partial charge is 0.497 e. The second kappa shape index (κ2) is 8.01. The lowest BCUT2D eigenvalue weighted by molar-refractivity contribution is -0.124. The van der Waals surface area contributed by atoms with E-state index in [9.17, 15) is 9.59 Å². The molecule has 0 radical (unpaired) electrons. The van der Waals surface area contributed by atoms with Crippen molar-refractivity contribution in [2.45, 2.75) is 19.4 Å². The highest BCUT2D eigenvalue weighted by Crippen LogP contribution is 2.16. The summed E-state index contributed by atoms with van der Waals surface area (Å²) in [6, 6.07) is 13.3. The SMILES string of the molecule is CCC(OC(=O)c1cccc(N)c1)C(=O)Nc1ccc(OC)cc1. The smallest absolute Gasteiger partial charge is 0.338 e. The maximum atomic E-state index is 12.3. The maximum Gasteiger partial charge on any atom is 0.338 e. The van der Waals surface area contributed by atoms with Gasteiger partial charge in [-0.3, -0.25) is 4.79 Å². The van der Waals surface area contributed by atoms with Gasteiger partial charge in [-0.15, -0.1) is 0 Å². The summed E-state index contributed by atoms with van der Waals surface area (Å²) < 4.78 is 10.4. The number of methoxy groups -OCH3 is 1. The Morgan fingerprint density at radius 3 is 2.46 bits per heavy atom. The van der Waals surface area contributed by atoms with E-state index in [2.05, 4.69) is 5.32 Å². The zero-order valence-electron chi connectivity index (χ0n) is 13.6. The number of nitrogen functional groups attached to an aromatic ring is 1. The molecule has 1 amide bonds. The quantitative estimate of drug-likeness (QED) is 0.628. The van der Waals surface area contributed by atoms with Crippen molar-refractivity contribution >= 4 is 23.3 Å². The molecule has 0 saturated heterocycles. The summed E-state index contributed by atoms with van der Waals surface area (Å²) in [7, 11) is 1.57. The molecule has 2 rings (SSSR count). The Kier molecular flexibility index (Phi) is 5.78. The molecule has 0 aliphatic carbocycles. The topological polar surface area (TPSA) is 90.7 Å². The second-order valence-corrected chi connectivity index (χ2v) is 5.15. The van der Waals surface area contributed by atoms with Crippen molar-refractivity contribution in [2.75, 3.05) is 18.2 Å². The molecule has 2 aromatic carbocycles. The molecule has 0 fully saturated rings. The molecule has 6 nitrogen and oxygen atoms in total. The first-order valence-electron chi connectivity index (χ1n) is 7.55. The second-order valence-electron chi connectivity index (χ2n) is 5.15. The van der Waals surface area contributed by atoms with E-state index in [1.165, 1.54) is 6.07 Å². The van der Waals surface area contributed by atoms with Crippen molar-refractivity contribution < 1.29 is 19.1 Å². The van der Waals surface area contributed by atoms with Gasteiger partial charge in [0.05, 0.1) is 12.7 Å². The first-order valence-corrected chi connectivity index (χ1v) is 7.55. The highest BCUT2D eigenvalue weighted by atomic mass is 16.5. The molecule has 0 bridgehead atoms. The lowest BCUT2D eigenvalue weighted by Crippen LogP contribution is -2.32. The third-order valence-electron chi connectivity index (χ3n) is 3.39. The molecule has 0 saturated carbocycles. The van der Waals surface area contributed by atoms with Crippen LogP contribution in [0.1, 0.15) is 23.7 Å². The van der Waals surface area contributed by atoms with Gasteiger partial charge in [0.1, 0.15) is 5.75 Å². The van der Waals surface area contributed by atoms with Gasteiger partial charge in [-0.05, 0) is 48.9 Å². The third kappa shape index (κ3) is 4.49. The van der Waals surface area contributed by atoms with E-state index in [0.29, 0.717) is 29.1 Å². The van der Waals surface area contributed by atoms with Gasteiger partial charge >= 0.3 is 5.97 Å². The van der Waals surface area contributed by atoms with E-state index in [1.807, 2.05) is 0 Å². The molecule has 1 unspecified atom stereocenters. The first-order chi connectivity index (χ1) is 11.5. The van der Waals surface area contributed by atoms with Crippen LogP contribution in [-0.2, 0) is 9.53 Å². The number of anilines is 2. The molecule has 2 aromatic rings. The van der Waals surface area contributed by atoms with E-state index in [4.69, 9.17) is 15.2 Å². The minimum absolute atomic E-state index is 0.311. The van der Waals surface area contributed by atoms with E-state index >= 15 is 0 Å². The highest BCUT2D eigenvalue weighted by Gasteiger charge is 2.22. The molecule has 0 aliphatic rings. The summed E-state index contributed by atoms with van der Waals surface area (Å²) in [6.45, 7) is 1.77. The fraction of sp³-hybridized carbons (Fsp3) is 0.222. The Balaban J connectivity index is 2.01. The van der Waals surface area contributed by atoms with Crippen LogP contribution in [0.3, 0.4) is 0 Å². The minimum atomic E-state index is -0.888. The van der Waals surface area contributed by atoms with Crippen LogP contribution in [-0.4, -0.2) is 25.1 Å². The fourth-order valence-corrected chi connectivity index (χ4v) is 2.08. The number of nitrogens with one attached hydrogen (secondary N) is 1. The number of benzene rings is 2. The van der Waals surface area contributed by atoms with Gasteiger partial charge in [-0.25, -0.2) is 4.79 Å². The maximum absolute atomic E-state index is 12.3. The number of amides is 1. The predicted octanol–water partition coefficient (Wildman–Crippen LogP) is 2.85. The molecule has 3 N–H and O–H groups in total. The first kappa shape index (κ1) is 17.3. The van der Waals surface area contributed by atoms with Crippen LogP contribution in [0, 0.1) is 0 Å². The fourth-order valence-electron chi connectivity index (χ4n) is 2.08. The lowest BCUT2D eigenvalue weighted by Gasteiger charge is -2.16. The Labute approximate surface area is 140 Å². The van der Waals surface area contributed by atoms with Crippen LogP contribution in [0.4, 0.5) is 11.4 Å². The highest BCUT2D eigenvalue weighted by molar-refractivity contribution is 5.97. The van der Waals surface area contributed by atoms with Crippen molar-refractivity contribution in [3.63, 3.8) is 0 Å². The molecule has 6 heteroatoms. The zero-order valence-corrected chi connectivity index (χ0v) is 13.6. The van der Waals surface area contributed by atoms with Crippen LogP contribution in [0.25, 0.3) is 0 Å². The minimum Gasteiger partial charge on any atom is -0.497 e. The van der Waals surface area contributed by atoms with Crippen molar-refractivity contribution in [1.29, 1.82) is 0 Å². The number of hydrogen-bond acceptors (Lipinski definition) is 5. The molecule has 24 heavy (non-hydrogen) atoms. The van der Waals surface area contributed by atoms with E-state index in [1.54, 1.807) is 56.5 Å². The average Bonchev–Trinajstić information content (AvgIpc) is 2.60. The Bertz CT molecular complexity index is 713. The van der Waals surface area contributed by atoms with Gasteiger partial charge in [0.2, 0.25) is 0 Å². The molecular formula is C18H20N2O4. The molecular weight excluding hydrogens is 308 g/mol. The standard InChI is InChI=1S/C18H20N2O4/c1-3-16(24-18(22)12-5-4-6-13(19)11-12)17(21)20-14-7-9-15(23-2)10-8-14/h4-11,16H,3,19H2,1-2H3,(H,20,21). The molecule has 0 heterocycles. The number of carbonyl (C=O) groups is 2. The summed E-state index contributed by atoms with van der Waals surface area (Å²) in [5.41, 5.74) is 7.01. The molecule has 126 valence electrons. The van der Waals surface area contributed by atoms with Crippen LogP contribution >= 0.6 is 0 Å². The monoisotopic (exact) mass is 328 g/mol. The number of rotatable bonds is 6. The van der Waals surface area contributed by atoms with Crippen LogP contribution in [0.5, 0.6) is 5.75 Å². The van der Waals surface area contributed by atoms with Crippen molar-refractivity contribution in [1.82, 2.24) is 0 Å². The number of nitrogens with two attached hydrogens (primary N) is 1. The summed E-state index contributed by atoms with van der Waals surface area (Å²) >= 11 is 0. The van der Waals surface area contributed by atoms with Crippen molar-refractivity contribution in [2.24, 2.45) is 0 Å². The van der Waals surface area contributed by atoms with Crippen molar-refractivity contribution in [3.8, 4) is 5.75 Å². The number of esters is 1. The summed E-state index contributed by atoms with van der Waals surface area (Å²) in [5.74, 6) is -0.285. The Morgan fingerprint density at radius 2 is 1.88 bits per heavy atom. The van der Waals surface area contributed by atoms with Gasteiger partial charge in [0.25, 0.3) is 5.91 Å². The average molecular weight is 328 g/mol. The number of hydrogen-bond donors (Lipinski definition) is 2. The van der Waals surface area contributed by atoms with E-state index in [-0.39, 0.29) is 5.91 Å². The number of carbonyl (C=O) groups excluding carboxylic acids is 2. The van der Waals surface area contributed by atoms with Gasteiger partial charge in [-0.2, -0.15) is 0 Å².